The van der Waals surface area contributed by atoms with E-state index >= 15 is 0 Å². The average molecular weight is 872 g/mol. The third-order valence-corrected chi connectivity index (χ3v) is 15.7. The lowest BCUT2D eigenvalue weighted by Crippen LogP contribution is -2.60. The minimum atomic E-state index is -0.148. The summed E-state index contributed by atoms with van der Waals surface area (Å²) in [4.78, 5) is 5.02. The van der Waals surface area contributed by atoms with Crippen LogP contribution in [0.1, 0.15) is 63.8 Å². The molecule has 320 valence electrons. The summed E-state index contributed by atoms with van der Waals surface area (Å²) in [5.74, 6) is 0. The van der Waals surface area contributed by atoms with Gasteiger partial charge in [0.05, 0.1) is 21.4 Å². The standard InChI is InChI=1S/C60H50BN3OS/c1-35-18-9-13-23-46(35)62(47-24-14-10-19-36(47)2)39-28-29-44-49(34-39)63(48-25-17-22-41-40-20-11-15-26-52(40)65-57(41)48)50-32-38(60(6,7)8)33-51-54(50)61(44)45-31-37(59(3,4)5)30-43-55(45)64(51)56-42-21-12-16-27-53(42)66-58(43)56/h9-34H,1-8H3. The molecule has 8 aromatic carbocycles. The zero-order valence-corrected chi connectivity index (χ0v) is 39.6. The minimum Gasteiger partial charge on any atom is -0.454 e. The highest BCUT2D eigenvalue weighted by atomic mass is 32.1. The van der Waals surface area contributed by atoms with Crippen LogP contribution in [0.3, 0.4) is 0 Å². The van der Waals surface area contributed by atoms with E-state index in [-0.39, 0.29) is 17.5 Å². The van der Waals surface area contributed by atoms with Crippen molar-refractivity contribution >= 4 is 122 Å². The zero-order valence-electron chi connectivity index (χ0n) is 38.7. The van der Waals surface area contributed by atoms with E-state index in [0.717, 1.165) is 50.4 Å². The van der Waals surface area contributed by atoms with Gasteiger partial charge in [0.1, 0.15) is 5.58 Å². The fourth-order valence-electron chi connectivity index (χ4n) is 11.2. The van der Waals surface area contributed by atoms with E-state index in [1.54, 1.807) is 0 Å². The summed E-state index contributed by atoms with van der Waals surface area (Å²) >= 11 is 1.94. The fourth-order valence-corrected chi connectivity index (χ4v) is 12.4. The molecule has 66 heavy (non-hydrogen) atoms. The molecule has 0 fully saturated rings. The molecule has 0 amide bonds. The number of hydrogen-bond donors (Lipinski definition) is 0. The number of benzene rings is 8. The van der Waals surface area contributed by atoms with E-state index in [1.807, 2.05) is 11.3 Å². The predicted molar refractivity (Wildman–Crippen MR) is 284 cm³/mol. The molecule has 11 aromatic rings. The van der Waals surface area contributed by atoms with Crippen molar-refractivity contribution < 1.29 is 4.42 Å². The van der Waals surface area contributed by atoms with Crippen LogP contribution in [0.25, 0.3) is 58.8 Å². The maximum Gasteiger partial charge on any atom is 0.252 e. The highest BCUT2D eigenvalue weighted by Gasteiger charge is 2.45. The molecule has 0 saturated carbocycles. The van der Waals surface area contributed by atoms with E-state index < -0.39 is 0 Å². The second kappa shape index (κ2) is 13.8. The Kier molecular flexibility index (Phi) is 8.20. The van der Waals surface area contributed by atoms with Gasteiger partial charge in [0.25, 0.3) is 6.71 Å². The van der Waals surface area contributed by atoms with Crippen molar-refractivity contribution in [2.75, 3.05) is 9.80 Å². The molecule has 2 aliphatic rings. The summed E-state index contributed by atoms with van der Waals surface area (Å²) < 4.78 is 12.3. The summed E-state index contributed by atoms with van der Waals surface area (Å²) in [6.07, 6.45) is 0. The van der Waals surface area contributed by atoms with Crippen LogP contribution in [-0.4, -0.2) is 11.3 Å². The molecule has 6 heteroatoms. The van der Waals surface area contributed by atoms with Gasteiger partial charge in [-0.15, -0.1) is 11.3 Å². The average Bonchev–Trinajstić information content (AvgIpc) is 3.98. The monoisotopic (exact) mass is 871 g/mol. The molecule has 0 spiro atoms. The number of fused-ring (bicyclic) bond motifs is 12. The molecule has 0 atom stereocenters. The number of nitrogens with zero attached hydrogens (tertiary/aromatic N) is 3. The van der Waals surface area contributed by atoms with E-state index in [2.05, 4.69) is 227 Å². The van der Waals surface area contributed by atoms with Gasteiger partial charge in [-0.1, -0.05) is 139 Å². The summed E-state index contributed by atoms with van der Waals surface area (Å²) in [6, 6.07) is 59.1. The molecule has 3 aromatic heterocycles. The third-order valence-electron chi connectivity index (χ3n) is 14.5. The number of rotatable bonds is 4. The molecule has 0 unspecified atom stereocenters. The van der Waals surface area contributed by atoms with Crippen molar-refractivity contribution in [1.82, 2.24) is 4.57 Å². The van der Waals surface area contributed by atoms with E-state index in [0.29, 0.717) is 0 Å². The second-order valence-electron chi connectivity index (χ2n) is 20.7. The maximum absolute atomic E-state index is 6.99. The molecule has 13 rings (SSSR count). The SMILES string of the molecule is Cc1ccccc1N(c1ccc2c(c1)N(c1cccc3c1oc1ccccc13)c1cc(C(C)(C)C)cc3c1B2c1cc(C(C)(C)C)cc2c4sc5ccccc5c4n-3c12)c1ccccc1C. The first-order valence-corrected chi connectivity index (χ1v) is 24.1. The first-order chi connectivity index (χ1) is 31.8. The van der Waals surface area contributed by atoms with Crippen molar-refractivity contribution in [3.8, 4) is 5.69 Å². The molecule has 0 aliphatic carbocycles. The topological polar surface area (TPSA) is 24.6 Å². The molecule has 2 aliphatic heterocycles. The first kappa shape index (κ1) is 39.4. The van der Waals surface area contributed by atoms with Gasteiger partial charge in [-0.3, -0.25) is 0 Å². The Hall–Kier alpha value is -7.02. The van der Waals surface area contributed by atoms with E-state index in [9.17, 15) is 0 Å². The van der Waals surface area contributed by atoms with Crippen molar-refractivity contribution in [3.63, 3.8) is 0 Å². The van der Waals surface area contributed by atoms with Crippen LogP contribution in [-0.2, 0) is 10.8 Å². The van der Waals surface area contributed by atoms with Crippen LogP contribution in [0.2, 0.25) is 0 Å². The smallest absolute Gasteiger partial charge is 0.252 e. The lowest BCUT2D eigenvalue weighted by atomic mass is 9.33. The van der Waals surface area contributed by atoms with Gasteiger partial charge in [0.15, 0.2) is 5.58 Å². The molecular formula is C60H50BN3OS. The van der Waals surface area contributed by atoms with Crippen molar-refractivity contribution in [1.29, 1.82) is 0 Å². The van der Waals surface area contributed by atoms with Crippen molar-refractivity contribution in [3.05, 3.63) is 180 Å². The van der Waals surface area contributed by atoms with Gasteiger partial charge in [0, 0.05) is 60.4 Å². The van der Waals surface area contributed by atoms with E-state index in [4.69, 9.17) is 4.42 Å². The Labute approximate surface area is 390 Å². The van der Waals surface area contributed by atoms with Crippen LogP contribution in [0.4, 0.5) is 34.1 Å². The third kappa shape index (κ3) is 5.51. The van der Waals surface area contributed by atoms with Gasteiger partial charge in [-0.2, -0.15) is 0 Å². The lowest BCUT2D eigenvalue weighted by molar-refractivity contribution is 0.590. The number of aryl methyl sites for hydroxylation is 2. The van der Waals surface area contributed by atoms with Crippen LogP contribution < -0.4 is 26.2 Å². The Bertz CT molecular complexity index is 3810. The van der Waals surface area contributed by atoms with Gasteiger partial charge >= 0.3 is 0 Å². The Morgan fingerprint density at radius 3 is 1.88 bits per heavy atom. The molecule has 0 N–H and O–H groups in total. The summed E-state index contributed by atoms with van der Waals surface area (Å²) in [7, 11) is 0. The van der Waals surface area contributed by atoms with Crippen LogP contribution >= 0.6 is 11.3 Å². The van der Waals surface area contributed by atoms with Crippen LogP contribution in [0.15, 0.2) is 162 Å². The highest BCUT2D eigenvalue weighted by molar-refractivity contribution is 7.26. The summed E-state index contributed by atoms with van der Waals surface area (Å²) in [5.41, 5.74) is 21.3. The number of para-hydroxylation sites is 4. The summed E-state index contributed by atoms with van der Waals surface area (Å²) in [5, 5.41) is 4.89. The molecule has 0 saturated heterocycles. The van der Waals surface area contributed by atoms with E-state index in [1.165, 1.54) is 81.2 Å². The number of anilines is 6. The van der Waals surface area contributed by atoms with Gasteiger partial charge < -0.3 is 18.8 Å². The largest absolute Gasteiger partial charge is 0.454 e. The number of thiophene rings is 1. The second-order valence-corrected chi connectivity index (χ2v) is 21.7. The molecular weight excluding hydrogens is 822 g/mol. The Balaban J connectivity index is 1.21. The number of furan rings is 1. The zero-order chi connectivity index (χ0) is 45.0. The predicted octanol–water partition coefficient (Wildman–Crippen LogP) is 15.2. The maximum atomic E-state index is 6.99. The summed E-state index contributed by atoms with van der Waals surface area (Å²) in [6.45, 7) is 18.6. The lowest BCUT2D eigenvalue weighted by Gasteiger charge is -2.42. The fraction of sp³-hybridized carbons (Fsp3) is 0.167. The van der Waals surface area contributed by atoms with Crippen LogP contribution in [0, 0.1) is 13.8 Å². The van der Waals surface area contributed by atoms with Crippen molar-refractivity contribution in [2.45, 2.75) is 66.2 Å². The number of aromatic nitrogens is 1. The molecule has 4 nitrogen and oxygen atoms in total. The Morgan fingerprint density at radius 1 is 0.515 bits per heavy atom. The minimum absolute atomic E-state index is 0.0304. The molecule has 5 heterocycles. The molecule has 0 radical (unpaired) electrons. The Morgan fingerprint density at radius 2 is 1.15 bits per heavy atom. The van der Waals surface area contributed by atoms with Gasteiger partial charge in [-0.25, -0.2) is 0 Å². The number of hydrogen-bond acceptors (Lipinski definition) is 4. The normalized spacial score (nSPS) is 13.4. The molecule has 0 bridgehead atoms. The van der Waals surface area contributed by atoms with Crippen LogP contribution in [0.5, 0.6) is 0 Å². The van der Waals surface area contributed by atoms with Gasteiger partial charge in [0.2, 0.25) is 0 Å². The quantitative estimate of drug-likeness (QED) is 0.165. The van der Waals surface area contributed by atoms with Crippen molar-refractivity contribution in [2.24, 2.45) is 0 Å². The highest BCUT2D eigenvalue weighted by Crippen LogP contribution is 2.50. The van der Waals surface area contributed by atoms with Gasteiger partial charge in [-0.05, 0) is 124 Å². The first-order valence-electron chi connectivity index (χ1n) is 23.3.